The summed E-state index contributed by atoms with van der Waals surface area (Å²) in [5.74, 6) is 5.15. The Hall–Kier alpha value is -1.27. The van der Waals surface area contributed by atoms with Gasteiger partial charge in [0.25, 0.3) is 0 Å². The van der Waals surface area contributed by atoms with Crippen molar-refractivity contribution in [2.24, 2.45) is 5.84 Å². The van der Waals surface area contributed by atoms with Crippen LogP contribution in [-0.4, -0.2) is 39.5 Å². The Balaban J connectivity index is 0.000000409. The Morgan fingerprint density at radius 2 is 1.55 bits per heavy atom. The van der Waals surface area contributed by atoms with Gasteiger partial charge in [0.2, 0.25) is 0 Å². The Morgan fingerprint density at radius 3 is 1.95 bits per heavy atom. The highest BCUT2D eigenvalue weighted by Gasteiger charge is 2.03. The minimum Gasteiger partial charge on any atom is -0.320 e. The van der Waals surface area contributed by atoms with Gasteiger partial charge in [-0.25, -0.2) is 5.43 Å². The normalized spacial score (nSPS) is 11.4. The van der Waals surface area contributed by atoms with E-state index in [0.717, 1.165) is 11.8 Å². The van der Waals surface area contributed by atoms with E-state index in [9.17, 15) is 4.79 Å². The molecule has 1 unspecified atom stereocenters. The molecule has 0 amide bonds. The molecule has 1 aromatic carbocycles. The van der Waals surface area contributed by atoms with Gasteiger partial charge in [-0.15, -0.1) is 0 Å². The number of hydrogen-bond acceptors (Lipinski definition) is 5. The minimum absolute atomic E-state index is 0.285. The van der Waals surface area contributed by atoms with Gasteiger partial charge in [-0.2, -0.15) is 0 Å². The summed E-state index contributed by atoms with van der Waals surface area (Å²) in [6.07, 6.45) is 6.82. The number of unbranched alkanes of at least 4 members (excludes halogenated alkanes) is 3. The molecule has 0 saturated heterocycles. The average Bonchev–Trinajstić information content (AvgIpc) is 2.57. The zero-order chi connectivity index (χ0) is 16.5. The van der Waals surface area contributed by atoms with Crippen molar-refractivity contribution in [3.05, 3.63) is 35.9 Å². The van der Waals surface area contributed by atoms with E-state index in [0.29, 0.717) is 6.42 Å². The van der Waals surface area contributed by atoms with Crippen LogP contribution in [0.2, 0.25) is 0 Å². The third kappa shape index (κ3) is 12.5. The van der Waals surface area contributed by atoms with Gasteiger partial charge in [-0.1, -0.05) is 43.2 Å². The Morgan fingerprint density at radius 1 is 1.00 bits per heavy atom. The molecule has 5 N–H and O–H groups in total. The van der Waals surface area contributed by atoms with Crippen molar-refractivity contribution in [2.45, 2.75) is 38.1 Å². The van der Waals surface area contributed by atoms with Gasteiger partial charge in [-0.05, 0) is 52.0 Å². The van der Waals surface area contributed by atoms with E-state index in [4.69, 9.17) is 5.84 Å². The first-order valence-electron chi connectivity index (χ1n) is 8.03. The van der Waals surface area contributed by atoms with Gasteiger partial charge in [0.1, 0.15) is 6.29 Å². The minimum atomic E-state index is -0.285. The topological polar surface area (TPSA) is 79.2 Å². The van der Waals surface area contributed by atoms with Crippen LogP contribution in [0.5, 0.6) is 0 Å². The van der Waals surface area contributed by atoms with Gasteiger partial charge in [-0.3, -0.25) is 5.84 Å². The standard InChI is InChI=1S/C9H12N2O.C8H20N2/c10-11-9(7-12)6-8-4-2-1-3-5-8;1-9-7-5-3-4-6-8-10-2/h1-5,7,9,11H,6,10H2;9-10H,3-8H2,1-2H3. The van der Waals surface area contributed by atoms with E-state index in [1.165, 1.54) is 38.8 Å². The number of benzene rings is 1. The molecule has 22 heavy (non-hydrogen) atoms. The van der Waals surface area contributed by atoms with Crippen LogP contribution in [0.25, 0.3) is 0 Å². The summed E-state index contributed by atoms with van der Waals surface area (Å²) in [5, 5.41) is 6.29. The van der Waals surface area contributed by atoms with E-state index in [2.05, 4.69) is 16.1 Å². The summed E-state index contributed by atoms with van der Waals surface area (Å²) in [6, 6.07) is 9.46. The summed E-state index contributed by atoms with van der Waals surface area (Å²) in [6.45, 7) is 2.33. The van der Waals surface area contributed by atoms with E-state index in [1.807, 2.05) is 44.4 Å². The molecule has 0 radical (unpaired) electrons. The SMILES string of the molecule is CNCCCCCCNC.NNC(C=O)Cc1ccccc1. The molecule has 0 heterocycles. The molecule has 126 valence electrons. The zero-order valence-corrected chi connectivity index (χ0v) is 14.0. The van der Waals surface area contributed by atoms with Crippen molar-refractivity contribution in [3.63, 3.8) is 0 Å². The fourth-order valence-corrected chi connectivity index (χ4v) is 1.97. The highest BCUT2D eigenvalue weighted by molar-refractivity contribution is 5.58. The summed E-state index contributed by atoms with van der Waals surface area (Å²) >= 11 is 0. The zero-order valence-electron chi connectivity index (χ0n) is 14.0. The predicted molar refractivity (Wildman–Crippen MR) is 93.6 cm³/mol. The Kier molecular flexibility index (Phi) is 15.2. The highest BCUT2D eigenvalue weighted by Crippen LogP contribution is 2.00. The van der Waals surface area contributed by atoms with E-state index in [-0.39, 0.29) is 6.04 Å². The van der Waals surface area contributed by atoms with Crippen LogP contribution in [0.15, 0.2) is 30.3 Å². The summed E-state index contributed by atoms with van der Waals surface area (Å²) in [7, 11) is 4.02. The van der Waals surface area contributed by atoms with Crippen molar-refractivity contribution in [1.29, 1.82) is 0 Å². The average molecular weight is 308 g/mol. The molecule has 1 aromatic rings. The Labute approximate surface area is 135 Å². The molecular formula is C17H32N4O. The van der Waals surface area contributed by atoms with Crippen molar-refractivity contribution in [1.82, 2.24) is 16.1 Å². The first-order chi connectivity index (χ1) is 10.8. The lowest BCUT2D eigenvalue weighted by Crippen LogP contribution is -2.37. The number of aldehydes is 1. The van der Waals surface area contributed by atoms with Crippen molar-refractivity contribution in [3.8, 4) is 0 Å². The number of carbonyl (C=O) groups is 1. The molecule has 1 atom stereocenters. The first-order valence-corrected chi connectivity index (χ1v) is 8.03. The lowest BCUT2D eigenvalue weighted by atomic mass is 10.1. The Bertz CT molecular complexity index is 338. The summed E-state index contributed by atoms with van der Waals surface area (Å²) < 4.78 is 0. The highest BCUT2D eigenvalue weighted by atomic mass is 16.1. The van der Waals surface area contributed by atoms with E-state index < -0.39 is 0 Å². The third-order valence-electron chi connectivity index (χ3n) is 3.28. The second kappa shape index (κ2) is 16.1. The lowest BCUT2D eigenvalue weighted by Gasteiger charge is -2.07. The molecule has 5 heteroatoms. The number of hydrogen-bond donors (Lipinski definition) is 4. The fraction of sp³-hybridized carbons (Fsp3) is 0.588. The molecule has 0 saturated carbocycles. The summed E-state index contributed by atoms with van der Waals surface area (Å²) in [4.78, 5) is 10.4. The van der Waals surface area contributed by atoms with Crippen molar-refractivity contribution in [2.75, 3.05) is 27.2 Å². The molecular weight excluding hydrogens is 276 g/mol. The fourth-order valence-electron chi connectivity index (χ4n) is 1.97. The second-order valence-electron chi connectivity index (χ2n) is 5.22. The smallest absolute Gasteiger partial charge is 0.138 e. The number of nitrogens with one attached hydrogen (secondary N) is 3. The van der Waals surface area contributed by atoms with Crippen LogP contribution in [0.1, 0.15) is 31.2 Å². The third-order valence-corrected chi connectivity index (χ3v) is 3.28. The molecule has 0 aliphatic carbocycles. The second-order valence-corrected chi connectivity index (χ2v) is 5.22. The molecule has 0 aliphatic rings. The van der Waals surface area contributed by atoms with Gasteiger partial charge < -0.3 is 15.4 Å². The van der Waals surface area contributed by atoms with Gasteiger partial charge in [0.15, 0.2) is 0 Å². The van der Waals surface area contributed by atoms with E-state index >= 15 is 0 Å². The van der Waals surface area contributed by atoms with Gasteiger partial charge >= 0.3 is 0 Å². The number of rotatable bonds is 11. The first kappa shape index (κ1) is 20.7. The number of carbonyl (C=O) groups excluding carboxylic acids is 1. The quantitative estimate of drug-likeness (QED) is 0.214. The molecule has 0 spiro atoms. The number of hydrazine groups is 1. The predicted octanol–water partition coefficient (Wildman–Crippen LogP) is 1.25. The maximum atomic E-state index is 10.4. The molecule has 5 nitrogen and oxygen atoms in total. The maximum Gasteiger partial charge on any atom is 0.138 e. The summed E-state index contributed by atoms with van der Waals surface area (Å²) in [5.41, 5.74) is 3.54. The van der Waals surface area contributed by atoms with Gasteiger partial charge in [0.05, 0.1) is 6.04 Å². The maximum absolute atomic E-state index is 10.4. The molecule has 0 aliphatic heterocycles. The van der Waals surface area contributed by atoms with Crippen LogP contribution in [0.3, 0.4) is 0 Å². The monoisotopic (exact) mass is 308 g/mol. The van der Waals surface area contributed by atoms with Crippen LogP contribution in [0, 0.1) is 0 Å². The van der Waals surface area contributed by atoms with Crippen molar-refractivity contribution >= 4 is 6.29 Å². The largest absolute Gasteiger partial charge is 0.320 e. The van der Waals surface area contributed by atoms with Crippen LogP contribution >= 0.6 is 0 Å². The van der Waals surface area contributed by atoms with Gasteiger partial charge in [0, 0.05) is 0 Å². The van der Waals surface area contributed by atoms with Crippen LogP contribution in [0.4, 0.5) is 0 Å². The van der Waals surface area contributed by atoms with Crippen LogP contribution < -0.4 is 21.9 Å². The molecule has 0 fully saturated rings. The number of nitrogens with two attached hydrogens (primary N) is 1. The van der Waals surface area contributed by atoms with E-state index in [1.54, 1.807) is 0 Å². The van der Waals surface area contributed by atoms with Crippen LogP contribution in [-0.2, 0) is 11.2 Å². The lowest BCUT2D eigenvalue weighted by molar-refractivity contribution is -0.109. The molecule has 0 aromatic heterocycles. The van der Waals surface area contributed by atoms with Crippen molar-refractivity contribution < 1.29 is 4.79 Å². The molecule has 1 rings (SSSR count). The molecule has 0 bridgehead atoms.